The predicted molar refractivity (Wildman–Crippen MR) is 68.9 cm³/mol. The Balaban J connectivity index is 2.23. The molecule has 1 atom stereocenters. The Morgan fingerprint density at radius 2 is 1.87 bits per heavy atom. The molecule has 2 rings (SSSR count). The van der Waals surface area contributed by atoms with Gasteiger partial charge in [-0.1, -0.05) is 42.5 Å². The van der Waals surface area contributed by atoms with E-state index in [4.69, 9.17) is 5.73 Å². The Labute approximate surface area is 94.7 Å². The first-order valence-corrected chi connectivity index (χ1v) is 6.15. The van der Waals surface area contributed by atoms with E-state index in [0.29, 0.717) is 0 Å². The van der Waals surface area contributed by atoms with Crippen LogP contribution < -0.4 is 5.73 Å². The summed E-state index contributed by atoms with van der Waals surface area (Å²) in [5.74, 6) is 0.989. The van der Waals surface area contributed by atoms with Crippen molar-refractivity contribution >= 4 is 22.5 Å². The average Bonchev–Trinajstić information content (AvgIpc) is 2.26. The monoisotopic (exact) mass is 217 g/mol. The zero-order valence-corrected chi connectivity index (χ0v) is 9.63. The molecule has 78 valence electrons. The van der Waals surface area contributed by atoms with E-state index in [2.05, 4.69) is 42.5 Å². The van der Waals surface area contributed by atoms with E-state index in [1.54, 1.807) is 11.8 Å². The van der Waals surface area contributed by atoms with E-state index >= 15 is 0 Å². The molecule has 1 nitrogen and oxygen atoms in total. The lowest BCUT2D eigenvalue weighted by molar-refractivity contribution is 1.04. The third-order valence-corrected chi connectivity index (χ3v) is 3.35. The molecule has 0 amide bonds. The quantitative estimate of drug-likeness (QED) is 0.798. The molecule has 2 aromatic carbocycles. The second-order valence-electron chi connectivity index (χ2n) is 3.70. The molecule has 2 heteroatoms. The third-order valence-electron chi connectivity index (χ3n) is 2.33. The second kappa shape index (κ2) is 4.69. The van der Waals surface area contributed by atoms with Crippen LogP contribution in [0.4, 0.5) is 0 Å². The summed E-state index contributed by atoms with van der Waals surface area (Å²) in [5.41, 5.74) is 7.06. The van der Waals surface area contributed by atoms with Crippen LogP contribution in [0, 0.1) is 0 Å². The molecule has 0 saturated carbocycles. The topological polar surface area (TPSA) is 26.0 Å². The summed E-state index contributed by atoms with van der Waals surface area (Å²) in [4.78, 5) is 0. The minimum atomic E-state index is 0.205. The molecule has 2 aromatic rings. The summed E-state index contributed by atoms with van der Waals surface area (Å²) < 4.78 is 0. The molecule has 0 aromatic heterocycles. The molecular formula is C13H15NS. The van der Waals surface area contributed by atoms with Crippen LogP contribution in [0.2, 0.25) is 0 Å². The van der Waals surface area contributed by atoms with Crippen LogP contribution in [-0.2, 0) is 5.75 Å². The highest BCUT2D eigenvalue weighted by Gasteiger charge is 1.98. The van der Waals surface area contributed by atoms with Crippen molar-refractivity contribution in [3.63, 3.8) is 0 Å². The van der Waals surface area contributed by atoms with Gasteiger partial charge in [-0.15, -0.1) is 11.8 Å². The molecule has 0 aliphatic heterocycles. The van der Waals surface area contributed by atoms with Gasteiger partial charge in [-0.2, -0.15) is 0 Å². The Morgan fingerprint density at radius 1 is 1.13 bits per heavy atom. The maximum absolute atomic E-state index is 5.72. The molecule has 0 fully saturated rings. The fourth-order valence-corrected chi connectivity index (χ4v) is 2.19. The number of rotatable bonds is 3. The molecule has 0 saturated heterocycles. The van der Waals surface area contributed by atoms with Crippen LogP contribution in [0.1, 0.15) is 12.5 Å². The van der Waals surface area contributed by atoms with Gasteiger partial charge in [0, 0.05) is 11.1 Å². The van der Waals surface area contributed by atoms with Gasteiger partial charge in [-0.3, -0.25) is 0 Å². The standard InChI is InChI=1S/C13H15NS/c1-10(14)15-9-11-6-7-12-4-2-3-5-13(12)8-11/h2-8,10H,9,14H2,1H3. The Hall–Kier alpha value is -0.990. The minimum absolute atomic E-state index is 0.205. The molecule has 0 aliphatic rings. The van der Waals surface area contributed by atoms with Crippen LogP contribution in [0.3, 0.4) is 0 Å². The van der Waals surface area contributed by atoms with Crippen molar-refractivity contribution in [2.45, 2.75) is 18.1 Å². The molecule has 0 bridgehead atoms. The molecule has 2 N–H and O–H groups in total. The van der Waals surface area contributed by atoms with E-state index < -0.39 is 0 Å². The fourth-order valence-electron chi connectivity index (χ4n) is 1.56. The van der Waals surface area contributed by atoms with E-state index in [1.807, 2.05) is 6.92 Å². The molecule has 15 heavy (non-hydrogen) atoms. The largest absolute Gasteiger partial charge is 0.320 e. The number of hydrogen-bond acceptors (Lipinski definition) is 2. The summed E-state index contributed by atoms with van der Waals surface area (Å²) >= 11 is 1.77. The normalized spacial score (nSPS) is 12.9. The summed E-state index contributed by atoms with van der Waals surface area (Å²) in [7, 11) is 0. The highest BCUT2D eigenvalue weighted by molar-refractivity contribution is 7.99. The third kappa shape index (κ3) is 2.74. The molecule has 0 spiro atoms. The molecule has 0 radical (unpaired) electrons. The van der Waals surface area contributed by atoms with Crippen molar-refractivity contribution in [1.82, 2.24) is 0 Å². The van der Waals surface area contributed by atoms with Crippen molar-refractivity contribution in [3.8, 4) is 0 Å². The molecule has 1 unspecified atom stereocenters. The number of benzene rings is 2. The number of nitrogens with two attached hydrogens (primary N) is 1. The lowest BCUT2D eigenvalue weighted by atomic mass is 10.1. The van der Waals surface area contributed by atoms with Gasteiger partial charge in [-0.05, 0) is 23.3 Å². The Kier molecular flexibility index (Phi) is 3.29. The summed E-state index contributed by atoms with van der Waals surface area (Å²) in [6.07, 6.45) is 0. The van der Waals surface area contributed by atoms with Gasteiger partial charge in [0.05, 0.1) is 0 Å². The van der Waals surface area contributed by atoms with Crippen molar-refractivity contribution in [2.24, 2.45) is 5.73 Å². The van der Waals surface area contributed by atoms with Crippen LogP contribution >= 0.6 is 11.8 Å². The van der Waals surface area contributed by atoms with Gasteiger partial charge < -0.3 is 5.73 Å². The highest BCUT2D eigenvalue weighted by Crippen LogP contribution is 2.20. The van der Waals surface area contributed by atoms with E-state index in [-0.39, 0.29) is 5.37 Å². The van der Waals surface area contributed by atoms with E-state index in [0.717, 1.165) is 5.75 Å². The van der Waals surface area contributed by atoms with Crippen LogP contribution in [0.25, 0.3) is 10.8 Å². The summed E-state index contributed by atoms with van der Waals surface area (Å²) in [6, 6.07) is 15.0. The van der Waals surface area contributed by atoms with E-state index in [1.165, 1.54) is 16.3 Å². The zero-order valence-electron chi connectivity index (χ0n) is 8.81. The van der Waals surface area contributed by atoms with Gasteiger partial charge in [0.15, 0.2) is 0 Å². The highest BCUT2D eigenvalue weighted by atomic mass is 32.2. The Morgan fingerprint density at radius 3 is 2.60 bits per heavy atom. The van der Waals surface area contributed by atoms with Gasteiger partial charge in [0.25, 0.3) is 0 Å². The Bertz CT molecular complexity index is 451. The van der Waals surface area contributed by atoms with Gasteiger partial charge in [-0.25, -0.2) is 0 Å². The van der Waals surface area contributed by atoms with Crippen LogP contribution in [-0.4, -0.2) is 5.37 Å². The molecular weight excluding hydrogens is 202 g/mol. The predicted octanol–water partition coefficient (Wildman–Crippen LogP) is 3.38. The minimum Gasteiger partial charge on any atom is -0.320 e. The van der Waals surface area contributed by atoms with Crippen LogP contribution in [0.15, 0.2) is 42.5 Å². The lowest BCUT2D eigenvalue weighted by Crippen LogP contribution is -2.09. The van der Waals surface area contributed by atoms with Gasteiger partial charge in [0.1, 0.15) is 0 Å². The van der Waals surface area contributed by atoms with Gasteiger partial charge in [0.2, 0.25) is 0 Å². The molecule has 0 heterocycles. The van der Waals surface area contributed by atoms with Crippen molar-refractivity contribution in [3.05, 3.63) is 48.0 Å². The smallest absolute Gasteiger partial charge is 0.0481 e. The lowest BCUT2D eigenvalue weighted by Gasteiger charge is -2.06. The summed E-state index contributed by atoms with van der Waals surface area (Å²) in [5, 5.41) is 2.81. The average molecular weight is 217 g/mol. The van der Waals surface area contributed by atoms with Crippen molar-refractivity contribution in [2.75, 3.05) is 0 Å². The second-order valence-corrected chi connectivity index (χ2v) is 5.06. The first-order valence-electron chi connectivity index (χ1n) is 5.10. The molecule has 0 aliphatic carbocycles. The number of hydrogen-bond donors (Lipinski definition) is 1. The first kappa shape index (κ1) is 10.5. The van der Waals surface area contributed by atoms with E-state index in [9.17, 15) is 0 Å². The maximum atomic E-state index is 5.72. The first-order chi connectivity index (χ1) is 7.25. The SMILES string of the molecule is CC(N)SCc1ccc2ccccc2c1. The van der Waals surface area contributed by atoms with Crippen molar-refractivity contribution in [1.29, 1.82) is 0 Å². The maximum Gasteiger partial charge on any atom is 0.0481 e. The summed E-state index contributed by atoms with van der Waals surface area (Å²) in [6.45, 7) is 2.02. The van der Waals surface area contributed by atoms with Crippen molar-refractivity contribution < 1.29 is 0 Å². The van der Waals surface area contributed by atoms with Crippen LogP contribution in [0.5, 0.6) is 0 Å². The zero-order chi connectivity index (χ0) is 10.7. The number of fused-ring (bicyclic) bond motifs is 1. The fraction of sp³-hybridized carbons (Fsp3) is 0.231. The van der Waals surface area contributed by atoms with Gasteiger partial charge >= 0.3 is 0 Å². The number of thioether (sulfide) groups is 1.